The highest BCUT2D eigenvalue weighted by Gasteiger charge is 2.36. The molecule has 3 aliphatic carbocycles. The van der Waals surface area contributed by atoms with Crippen LogP contribution in [0.3, 0.4) is 0 Å². The summed E-state index contributed by atoms with van der Waals surface area (Å²) >= 11 is 0. The fraction of sp³-hybridized carbons (Fsp3) is 0.368. The van der Waals surface area contributed by atoms with Crippen LogP contribution in [0.5, 0.6) is 34.5 Å². The van der Waals surface area contributed by atoms with Gasteiger partial charge in [-0.25, -0.2) is 8.78 Å². The molecule has 574 valence electrons. The SMILES string of the molecule is CC(c1cccc(F)c1)N1CCn2cc(O)c(=O)cc2C1.COc1cccc(C(C)N2CCn3cc(O)c(=O)cc3C2)c1.O=c1cc2n(cc1O)CCN(C(c1ccccc1)C1CCCC1)C2.O=c1cc2n(cc1O)CCN(C1CCc3c(F)cccc31)C2.O=c1cc2n(cc1O)CCN(C1CCc3ccccc31)C2. The van der Waals surface area contributed by atoms with Gasteiger partial charge < -0.3 is 53.1 Å². The number of pyridine rings is 5. The molecule has 0 bridgehead atoms. The summed E-state index contributed by atoms with van der Waals surface area (Å²) in [6.45, 7) is 15.9. The number of fused-ring (bicyclic) bond motifs is 7. The highest BCUT2D eigenvalue weighted by molar-refractivity contribution is 5.38. The van der Waals surface area contributed by atoms with E-state index in [9.17, 15) is 58.3 Å². The molecule has 8 aliphatic rings. The minimum atomic E-state index is -0.360. The second-order valence-corrected chi connectivity index (χ2v) is 30.1. The van der Waals surface area contributed by atoms with E-state index in [1.165, 1.54) is 96.9 Å². The standard InChI is InChI=1S/C20H24N2O2.C17H17FN2O2.C17H20N2O3.C17H18N2O2.C16H17FN2O2/c23-18-12-17-13-22(11-10-21(17)14-19(18)24)20(16-8-4-5-9-16)15-6-2-1-3-7-15;18-14-3-1-2-13-12(14)4-5-15(13)20-7-6-19-10-17(22)16(21)8-11(19)9-20;1-12(13-4-3-5-15(8-13)22-2)18-6-7-19-11-17(21)16(20)9-14(19)10-18;20-16-9-13-10-19(8-7-18(13)11-17(16)21)15-6-5-12-3-1-2-4-14(12)15;1-11(12-3-2-4-13(17)7-12)18-5-6-19-10-16(21)15(20)8-14(19)9-18/h1-3,6-7,12,14,16,20,24H,4-5,8-11,13H2;1-3,8,10,15,22H,4-7,9H2;3-5,8-9,11-12,21H,6-7,10H2,1-2H3;1-4,9,11,15,21H,5-8,10H2;2-4,7-8,10-11,21H,5-6,9H2,1H3. The van der Waals surface area contributed by atoms with E-state index in [-0.39, 0.29) is 85.7 Å². The lowest BCUT2D eigenvalue weighted by molar-refractivity contribution is 0.109. The molecule has 23 heteroatoms. The van der Waals surface area contributed by atoms with Gasteiger partial charge in [0.15, 0.2) is 28.7 Å². The summed E-state index contributed by atoms with van der Waals surface area (Å²) in [4.78, 5) is 70.0. The van der Waals surface area contributed by atoms with Crippen molar-refractivity contribution in [1.82, 2.24) is 47.3 Å². The summed E-state index contributed by atoms with van der Waals surface area (Å²) in [6, 6.07) is 48.5. The Balaban J connectivity index is 0.000000115. The predicted octanol–water partition coefficient (Wildman–Crippen LogP) is 12.0. The first-order valence-corrected chi connectivity index (χ1v) is 38.3. The first-order valence-electron chi connectivity index (χ1n) is 38.3. The molecule has 0 saturated heterocycles. The summed E-state index contributed by atoms with van der Waals surface area (Å²) in [5.74, 6) is 0.289. The van der Waals surface area contributed by atoms with Crippen molar-refractivity contribution < 1.29 is 39.1 Å². The summed E-state index contributed by atoms with van der Waals surface area (Å²) in [7, 11) is 1.67. The first kappa shape index (κ1) is 76.1. The number of aryl methyl sites for hydroxylation is 1. The van der Waals surface area contributed by atoms with Gasteiger partial charge in [0, 0.05) is 187 Å². The van der Waals surface area contributed by atoms with E-state index in [1.807, 2.05) is 60.1 Å². The van der Waals surface area contributed by atoms with E-state index in [0.29, 0.717) is 44.2 Å². The maximum Gasteiger partial charge on any atom is 0.223 e. The number of nitrogens with zero attached hydrogens (tertiary/aromatic N) is 10. The number of aromatic hydroxyl groups is 5. The Morgan fingerprint density at radius 1 is 0.391 bits per heavy atom. The van der Waals surface area contributed by atoms with Crippen LogP contribution in [0.2, 0.25) is 0 Å². The molecule has 1 fully saturated rings. The smallest absolute Gasteiger partial charge is 0.223 e. The van der Waals surface area contributed by atoms with Crippen molar-refractivity contribution in [2.75, 3.05) is 39.8 Å². The Morgan fingerprint density at radius 2 is 0.791 bits per heavy atom. The fourth-order valence-electron chi connectivity index (χ4n) is 17.5. The molecule has 1 saturated carbocycles. The summed E-state index contributed by atoms with van der Waals surface area (Å²) in [5.41, 5.74) is 11.4. The zero-order chi connectivity index (χ0) is 76.9. The van der Waals surface area contributed by atoms with Crippen LogP contribution in [0.25, 0.3) is 0 Å². The van der Waals surface area contributed by atoms with Gasteiger partial charge in [-0.05, 0) is 128 Å². The van der Waals surface area contributed by atoms with Gasteiger partial charge in [-0.3, -0.25) is 48.5 Å². The quantitative estimate of drug-likeness (QED) is 0.0856. The van der Waals surface area contributed by atoms with E-state index in [1.54, 1.807) is 49.8 Å². The Labute approximate surface area is 637 Å². The number of hydrogen-bond acceptors (Lipinski definition) is 16. The average Bonchev–Trinajstić information content (AvgIpc) is 1.52. The summed E-state index contributed by atoms with van der Waals surface area (Å²) < 4.78 is 42.3. The van der Waals surface area contributed by atoms with Crippen LogP contribution in [0, 0.1) is 17.6 Å². The molecule has 18 rings (SSSR count). The average molecular weight is 1500 g/mol. The van der Waals surface area contributed by atoms with Crippen LogP contribution in [-0.4, -0.2) is 113 Å². The fourth-order valence-corrected chi connectivity index (χ4v) is 17.5. The molecule has 5 unspecified atom stereocenters. The first-order chi connectivity index (χ1) is 53.2. The number of aromatic nitrogens is 5. The number of methoxy groups -OCH3 is 1. The van der Waals surface area contributed by atoms with Crippen LogP contribution in [-0.2, 0) is 78.3 Å². The van der Waals surface area contributed by atoms with Crippen LogP contribution in [0.1, 0.15) is 150 Å². The van der Waals surface area contributed by atoms with Gasteiger partial charge in [0.2, 0.25) is 27.1 Å². The van der Waals surface area contributed by atoms with Gasteiger partial charge in [-0.2, -0.15) is 0 Å². The molecule has 10 aromatic rings. The van der Waals surface area contributed by atoms with E-state index in [4.69, 9.17) is 4.74 Å². The molecular formula is C87H96F2N10O11. The maximum atomic E-state index is 13.9. The minimum absolute atomic E-state index is 0.0679. The molecule has 21 nitrogen and oxygen atoms in total. The maximum absolute atomic E-state index is 13.9. The molecule has 5 atom stereocenters. The lowest BCUT2D eigenvalue weighted by Gasteiger charge is -2.39. The van der Waals surface area contributed by atoms with Gasteiger partial charge in [0.05, 0.1) is 38.1 Å². The highest BCUT2D eigenvalue weighted by Crippen LogP contribution is 2.43. The molecule has 5 aromatic carbocycles. The Hall–Kier alpha value is -10.7. The van der Waals surface area contributed by atoms with Crippen LogP contribution in [0.15, 0.2) is 207 Å². The van der Waals surface area contributed by atoms with Gasteiger partial charge in [-0.15, -0.1) is 0 Å². The Bertz CT molecular complexity index is 5290. The largest absolute Gasteiger partial charge is 0.503 e. The Morgan fingerprint density at radius 3 is 1.29 bits per heavy atom. The van der Waals surface area contributed by atoms with Gasteiger partial charge >= 0.3 is 0 Å². The van der Waals surface area contributed by atoms with E-state index >= 15 is 0 Å². The second-order valence-electron chi connectivity index (χ2n) is 30.1. The van der Waals surface area contributed by atoms with Crippen LogP contribution >= 0.6 is 0 Å². The molecule has 110 heavy (non-hydrogen) atoms. The van der Waals surface area contributed by atoms with E-state index in [2.05, 4.69) is 92.1 Å². The van der Waals surface area contributed by atoms with Gasteiger partial charge in [0.25, 0.3) is 0 Å². The molecule has 5 N–H and O–H groups in total. The predicted molar refractivity (Wildman–Crippen MR) is 416 cm³/mol. The normalized spacial score (nSPS) is 18.9. The number of ether oxygens (including phenoxy) is 1. The zero-order valence-corrected chi connectivity index (χ0v) is 62.5. The van der Waals surface area contributed by atoms with Crippen molar-refractivity contribution in [2.45, 2.75) is 161 Å². The van der Waals surface area contributed by atoms with Crippen LogP contribution < -0.4 is 31.9 Å². The molecule has 0 radical (unpaired) electrons. The van der Waals surface area contributed by atoms with Crippen molar-refractivity contribution in [3.8, 4) is 34.5 Å². The Kier molecular flexibility index (Phi) is 23.3. The number of halogens is 2. The highest BCUT2D eigenvalue weighted by atomic mass is 19.1. The topological polar surface area (TPSA) is 237 Å². The summed E-state index contributed by atoms with van der Waals surface area (Å²) in [6.07, 6.45) is 16.9. The van der Waals surface area contributed by atoms with E-state index < -0.39 is 0 Å². The van der Waals surface area contributed by atoms with Crippen molar-refractivity contribution in [2.24, 2.45) is 5.92 Å². The second kappa shape index (κ2) is 33.7. The molecule has 0 amide bonds. The lowest BCUT2D eigenvalue weighted by Crippen LogP contribution is -2.40. The molecule has 10 heterocycles. The van der Waals surface area contributed by atoms with Gasteiger partial charge in [-0.1, -0.05) is 104 Å². The zero-order valence-electron chi connectivity index (χ0n) is 62.5. The third kappa shape index (κ3) is 17.0. The van der Waals surface area contributed by atoms with Gasteiger partial charge in [0.1, 0.15) is 17.4 Å². The van der Waals surface area contributed by atoms with Crippen molar-refractivity contribution in [1.29, 1.82) is 0 Å². The third-order valence-corrected chi connectivity index (χ3v) is 23.5. The number of hydrogen-bond donors (Lipinski definition) is 5. The third-order valence-electron chi connectivity index (χ3n) is 23.5. The molecule has 0 spiro atoms. The molecular weight excluding hydrogens is 1400 g/mol. The molecule has 5 aliphatic heterocycles. The lowest BCUT2D eigenvalue weighted by atomic mass is 9.89. The number of benzene rings is 5. The minimum Gasteiger partial charge on any atom is -0.503 e. The van der Waals surface area contributed by atoms with E-state index in [0.717, 1.165) is 149 Å². The van der Waals surface area contributed by atoms with Crippen LogP contribution in [0.4, 0.5) is 8.78 Å². The number of rotatable bonds is 10. The monoisotopic (exact) mass is 1490 g/mol. The van der Waals surface area contributed by atoms with Crippen molar-refractivity contribution in [3.05, 3.63) is 313 Å². The van der Waals surface area contributed by atoms with Crippen molar-refractivity contribution >= 4 is 0 Å². The summed E-state index contributed by atoms with van der Waals surface area (Å²) in [5, 5.41) is 47.7. The van der Waals surface area contributed by atoms with Crippen molar-refractivity contribution in [3.63, 3.8) is 0 Å². The molecule has 5 aromatic heterocycles.